The van der Waals surface area contributed by atoms with Gasteiger partial charge in [-0.05, 0) is 37.2 Å². The number of β-amino-alcohol motifs (C(OH)–C–C–N with tert-alkyl or cyclic N) is 1. The molecule has 2 aliphatic heterocycles. The van der Waals surface area contributed by atoms with Gasteiger partial charge >= 0.3 is 0 Å². The van der Waals surface area contributed by atoms with Crippen LogP contribution in [-0.2, 0) is 0 Å². The number of aliphatic hydroxyl groups excluding tert-OH is 1. The number of piperazine rings is 1. The van der Waals surface area contributed by atoms with Crippen LogP contribution in [0.1, 0.15) is 6.42 Å². The third-order valence-electron chi connectivity index (χ3n) is 5.27. The summed E-state index contributed by atoms with van der Waals surface area (Å²) >= 11 is 0. The fourth-order valence-electron chi connectivity index (χ4n) is 3.85. The molecule has 2 aromatic rings. The Kier molecular flexibility index (Phi) is 5.39. The predicted octanol–water partition coefficient (Wildman–Crippen LogP) is 2.93. The van der Waals surface area contributed by atoms with Gasteiger partial charge in [0.2, 0.25) is 0 Å². The van der Waals surface area contributed by atoms with E-state index in [-0.39, 0.29) is 6.61 Å². The first-order valence-electron chi connectivity index (χ1n) is 9.54. The Morgan fingerprint density at radius 3 is 1.85 bits per heavy atom. The van der Waals surface area contributed by atoms with E-state index >= 15 is 0 Å². The summed E-state index contributed by atoms with van der Waals surface area (Å²) < 4.78 is 6.06. The third kappa shape index (κ3) is 3.70. The molecule has 0 radical (unpaired) electrons. The van der Waals surface area contributed by atoms with Crippen LogP contribution in [0.5, 0.6) is 11.5 Å². The van der Waals surface area contributed by atoms with Gasteiger partial charge in [0, 0.05) is 39.3 Å². The molecule has 26 heavy (non-hydrogen) atoms. The summed E-state index contributed by atoms with van der Waals surface area (Å²) in [5.74, 6) is 1.87. The number of rotatable bonds is 6. The number of fused-ring (bicyclic) bond motifs is 2. The summed E-state index contributed by atoms with van der Waals surface area (Å²) in [7, 11) is 0. The molecule has 0 amide bonds. The van der Waals surface area contributed by atoms with E-state index in [1.54, 1.807) is 0 Å². The minimum Gasteiger partial charge on any atom is -0.453 e. The van der Waals surface area contributed by atoms with Crippen LogP contribution in [0.25, 0.3) is 0 Å². The molecule has 5 nitrogen and oxygen atoms in total. The monoisotopic (exact) mass is 353 g/mol. The Labute approximate surface area is 155 Å². The topological polar surface area (TPSA) is 39.2 Å². The summed E-state index contributed by atoms with van der Waals surface area (Å²) in [6.45, 7) is 7.45. The lowest BCUT2D eigenvalue weighted by Crippen LogP contribution is -2.47. The fourth-order valence-corrected chi connectivity index (χ4v) is 3.85. The van der Waals surface area contributed by atoms with Crippen molar-refractivity contribution in [1.82, 2.24) is 9.80 Å². The van der Waals surface area contributed by atoms with Gasteiger partial charge in [-0.2, -0.15) is 0 Å². The van der Waals surface area contributed by atoms with Gasteiger partial charge in [0.15, 0.2) is 11.5 Å². The molecule has 2 aliphatic rings. The van der Waals surface area contributed by atoms with Crippen LogP contribution in [0.4, 0.5) is 11.4 Å². The Morgan fingerprint density at radius 2 is 1.27 bits per heavy atom. The first-order chi connectivity index (χ1) is 12.8. The van der Waals surface area contributed by atoms with Gasteiger partial charge < -0.3 is 19.6 Å². The smallest absolute Gasteiger partial charge is 0.151 e. The highest BCUT2D eigenvalue weighted by Gasteiger charge is 2.23. The normalized spacial score (nSPS) is 17.5. The minimum absolute atomic E-state index is 0.260. The van der Waals surface area contributed by atoms with E-state index in [9.17, 15) is 0 Å². The van der Waals surface area contributed by atoms with Crippen molar-refractivity contribution in [3.05, 3.63) is 48.5 Å². The molecule has 4 rings (SSSR count). The largest absolute Gasteiger partial charge is 0.453 e. The maximum atomic E-state index is 9.06. The van der Waals surface area contributed by atoms with Crippen molar-refractivity contribution >= 4 is 11.4 Å². The molecular formula is C21H27N3O2. The second kappa shape index (κ2) is 8.08. The number of hydrogen-bond donors (Lipinski definition) is 1. The number of aliphatic hydroxyl groups is 1. The third-order valence-corrected chi connectivity index (χ3v) is 5.27. The van der Waals surface area contributed by atoms with Crippen molar-refractivity contribution < 1.29 is 9.84 Å². The van der Waals surface area contributed by atoms with Crippen LogP contribution in [-0.4, -0.2) is 67.3 Å². The van der Waals surface area contributed by atoms with E-state index in [1.807, 2.05) is 24.3 Å². The molecule has 1 N–H and O–H groups in total. The summed E-state index contributed by atoms with van der Waals surface area (Å²) in [4.78, 5) is 7.26. The summed E-state index contributed by atoms with van der Waals surface area (Å²) in [6, 6.07) is 16.6. The highest BCUT2D eigenvalue weighted by molar-refractivity contribution is 5.77. The van der Waals surface area contributed by atoms with Gasteiger partial charge in [0.05, 0.1) is 18.0 Å². The minimum atomic E-state index is 0.260. The quantitative estimate of drug-likeness (QED) is 0.865. The molecule has 0 atom stereocenters. The molecular weight excluding hydrogens is 326 g/mol. The molecule has 0 saturated carbocycles. The summed E-state index contributed by atoms with van der Waals surface area (Å²) in [5, 5.41) is 9.06. The summed E-state index contributed by atoms with van der Waals surface area (Å²) in [6.07, 6.45) is 1.11. The molecule has 1 fully saturated rings. The molecule has 0 bridgehead atoms. The van der Waals surface area contributed by atoms with E-state index < -0.39 is 0 Å². The molecule has 0 spiro atoms. The van der Waals surface area contributed by atoms with E-state index in [0.29, 0.717) is 0 Å². The first-order valence-corrected chi connectivity index (χ1v) is 9.54. The van der Waals surface area contributed by atoms with Crippen molar-refractivity contribution in [3.8, 4) is 11.5 Å². The SMILES string of the molecule is OCCN1CCN(CCCN2c3ccccc3Oc3ccccc32)CC1. The van der Waals surface area contributed by atoms with Crippen LogP contribution in [0, 0.1) is 0 Å². The van der Waals surface area contributed by atoms with Gasteiger partial charge in [0.25, 0.3) is 0 Å². The summed E-state index contributed by atoms with van der Waals surface area (Å²) in [5.41, 5.74) is 2.30. The van der Waals surface area contributed by atoms with Gasteiger partial charge in [0.1, 0.15) is 0 Å². The molecule has 2 heterocycles. The average molecular weight is 353 g/mol. The lowest BCUT2D eigenvalue weighted by atomic mass is 10.1. The Hall–Kier alpha value is -2.08. The second-order valence-electron chi connectivity index (χ2n) is 6.95. The van der Waals surface area contributed by atoms with Crippen molar-refractivity contribution in [3.63, 3.8) is 0 Å². The average Bonchev–Trinajstić information content (AvgIpc) is 2.69. The number of ether oxygens (including phenoxy) is 1. The van der Waals surface area contributed by atoms with Crippen LogP contribution in [0.3, 0.4) is 0 Å². The second-order valence-corrected chi connectivity index (χ2v) is 6.95. The molecule has 2 aromatic carbocycles. The van der Waals surface area contributed by atoms with Crippen LogP contribution >= 0.6 is 0 Å². The standard InChI is InChI=1S/C21H27N3O2/c25-17-16-23-14-12-22(13-15-23)10-5-11-24-18-6-1-3-8-20(18)26-21-9-4-2-7-19(21)24/h1-4,6-9,25H,5,10-17H2. The molecule has 0 aliphatic carbocycles. The van der Waals surface area contributed by atoms with Crippen LogP contribution in [0.2, 0.25) is 0 Å². The van der Waals surface area contributed by atoms with Crippen molar-refractivity contribution in [2.75, 3.05) is 57.3 Å². The first kappa shape index (κ1) is 17.3. The van der Waals surface area contributed by atoms with E-state index in [4.69, 9.17) is 9.84 Å². The van der Waals surface area contributed by atoms with E-state index in [2.05, 4.69) is 39.0 Å². The maximum absolute atomic E-state index is 9.06. The van der Waals surface area contributed by atoms with Gasteiger partial charge in [-0.1, -0.05) is 24.3 Å². The van der Waals surface area contributed by atoms with Crippen LogP contribution < -0.4 is 9.64 Å². The van der Waals surface area contributed by atoms with E-state index in [0.717, 1.165) is 75.1 Å². The lowest BCUT2D eigenvalue weighted by molar-refractivity contribution is 0.112. The molecule has 0 unspecified atom stereocenters. The van der Waals surface area contributed by atoms with Gasteiger partial charge in [-0.15, -0.1) is 0 Å². The Balaban J connectivity index is 1.38. The zero-order valence-electron chi connectivity index (χ0n) is 15.2. The Morgan fingerprint density at radius 1 is 0.731 bits per heavy atom. The predicted molar refractivity (Wildman–Crippen MR) is 105 cm³/mol. The fraction of sp³-hybridized carbons (Fsp3) is 0.429. The highest BCUT2D eigenvalue weighted by Crippen LogP contribution is 2.46. The Bertz CT molecular complexity index is 683. The van der Waals surface area contributed by atoms with E-state index in [1.165, 1.54) is 0 Å². The van der Waals surface area contributed by atoms with Gasteiger partial charge in [-0.25, -0.2) is 0 Å². The molecule has 1 saturated heterocycles. The van der Waals surface area contributed by atoms with Crippen molar-refractivity contribution in [1.29, 1.82) is 0 Å². The molecule has 0 aromatic heterocycles. The number of nitrogens with zero attached hydrogens (tertiary/aromatic N) is 3. The maximum Gasteiger partial charge on any atom is 0.151 e. The lowest BCUT2D eigenvalue weighted by Gasteiger charge is -2.36. The highest BCUT2D eigenvalue weighted by atomic mass is 16.5. The zero-order valence-corrected chi connectivity index (χ0v) is 15.2. The molecule has 5 heteroatoms. The molecule has 138 valence electrons. The number of para-hydroxylation sites is 4. The zero-order chi connectivity index (χ0) is 17.8. The van der Waals surface area contributed by atoms with Crippen LogP contribution in [0.15, 0.2) is 48.5 Å². The van der Waals surface area contributed by atoms with Gasteiger partial charge in [-0.3, -0.25) is 4.90 Å². The number of hydrogen-bond acceptors (Lipinski definition) is 5. The number of benzene rings is 2. The van der Waals surface area contributed by atoms with Crippen molar-refractivity contribution in [2.24, 2.45) is 0 Å². The number of anilines is 2. The van der Waals surface area contributed by atoms with Crippen molar-refractivity contribution in [2.45, 2.75) is 6.42 Å².